The number of aromatic amines is 1. The van der Waals surface area contributed by atoms with E-state index in [9.17, 15) is 18.0 Å². The number of fused-ring (bicyclic) bond motifs is 1. The molecule has 5 rings (SSSR count). The number of imidazole rings is 1. The Bertz CT molecular complexity index is 1570. The first-order valence-electron chi connectivity index (χ1n) is 11.7. The first-order chi connectivity index (χ1) is 17.3. The minimum Gasteiger partial charge on any atom is -0.396 e. The van der Waals surface area contributed by atoms with Gasteiger partial charge in [0.15, 0.2) is 0 Å². The fourth-order valence-electron chi connectivity index (χ4n) is 4.78. The lowest BCUT2D eigenvalue weighted by atomic mass is 10.0. The Morgan fingerprint density at radius 3 is 2.42 bits per heavy atom. The number of aromatic nitrogens is 2. The van der Waals surface area contributed by atoms with Gasteiger partial charge in [-0.15, -0.1) is 0 Å². The van der Waals surface area contributed by atoms with E-state index in [1.54, 1.807) is 30.3 Å². The number of carbonyl (C=O) groups is 1. The number of benzene rings is 3. The molecule has 1 aliphatic heterocycles. The highest BCUT2D eigenvalue weighted by atomic mass is 32.2. The minimum atomic E-state index is -3.82. The maximum atomic E-state index is 13.0. The smallest absolute Gasteiger partial charge is 0.326 e. The van der Waals surface area contributed by atoms with Crippen LogP contribution in [0.15, 0.2) is 87.4 Å². The number of carbonyl (C=O) groups excluding carboxylic acids is 1. The maximum absolute atomic E-state index is 13.0. The number of hydrogen-bond donors (Lipinski definition) is 3. The monoisotopic (exact) mass is 505 g/mol. The summed E-state index contributed by atoms with van der Waals surface area (Å²) in [5.41, 5.74) is 8.03. The second-order valence-corrected chi connectivity index (χ2v) is 10.8. The summed E-state index contributed by atoms with van der Waals surface area (Å²) in [6, 6.07) is 20.3. The summed E-state index contributed by atoms with van der Waals surface area (Å²) in [6.07, 6.45) is 1.48. The van der Waals surface area contributed by atoms with Gasteiger partial charge in [-0.1, -0.05) is 36.4 Å². The van der Waals surface area contributed by atoms with E-state index in [0.29, 0.717) is 13.1 Å². The lowest BCUT2D eigenvalue weighted by Crippen LogP contribution is -2.41. The quantitative estimate of drug-likeness (QED) is 0.345. The van der Waals surface area contributed by atoms with E-state index in [1.807, 2.05) is 33.7 Å². The van der Waals surface area contributed by atoms with Gasteiger partial charge in [-0.3, -0.25) is 14.3 Å². The topological polar surface area (TPSA) is 130 Å². The molecule has 1 aromatic heterocycles. The van der Waals surface area contributed by atoms with Crippen LogP contribution in [0.5, 0.6) is 0 Å². The first-order valence-corrected chi connectivity index (χ1v) is 13.2. The number of nitrogens with one attached hydrogen (secondary N) is 2. The summed E-state index contributed by atoms with van der Waals surface area (Å²) in [4.78, 5) is 30.3. The lowest BCUT2D eigenvalue weighted by Gasteiger charge is -2.32. The number of rotatable bonds is 6. The second kappa shape index (κ2) is 9.63. The number of hydrogen-bond acceptors (Lipinski definition) is 6. The molecule has 0 unspecified atom stereocenters. The fraction of sp³-hybridized carbons (Fsp3) is 0.231. The summed E-state index contributed by atoms with van der Waals surface area (Å²) in [7, 11) is -3.82. The average molecular weight is 506 g/mol. The minimum absolute atomic E-state index is 0.00659. The van der Waals surface area contributed by atoms with Crippen molar-refractivity contribution in [3.63, 3.8) is 0 Å². The number of piperidine rings is 1. The van der Waals surface area contributed by atoms with Gasteiger partial charge in [-0.05, 0) is 49.2 Å². The highest BCUT2D eigenvalue weighted by molar-refractivity contribution is 7.91. The van der Waals surface area contributed by atoms with Crippen molar-refractivity contribution in [1.82, 2.24) is 14.5 Å². The molecular weight excluding hydrogens is 478 g/mol. The molecule has 4 N–H and O–H groups in total. The highest BCUT2D eigenvalue weighted by Crippen LogP contribution is 2.31. The second-order valence-electron chi connectivity index (χ2n) is 8.91. The van der Waals surface area contributed by atoms with Crippen LogP contribution in [-0.4, -0.2) is 48.4 Å². The molecule has 0 atom stereocenters. The van der Waals surface area contributed by atoms with Crippen molar-refractivity contribution in [2.24, 2.45) is 0 Å². The van der Waals surface area contributed by atoms with E-state index in [2.05, 4.69) is 10.3 Å². The predicted molar refractivity (Wildman–Crippen MR) is 139 cm³/mol. The molecule has 0 bridgehead atoms. The number of para-hydroxylation sites is 3. The zero-order valence-electron chi connectivity index (χ0n) is 19.6. The number of sulfone groups is 1. The third kappa shape index (κ3) is 4.52. The predicted octanol–water partition coefficient (Wildman–Crippen LogP) is 3.02. The van der Waals surface area contributed by atoms with E-state index in [4.69, 9.17) is 5.73 Å². The third-order valence-corrected chi connectivity index (χ3v) is 8.42. The maximum Gasteiger partial charge on any atom is 0.326 e. The molecule has 36 heavy (non-hydrogen) atoms. The number of H-pyrrole nitrogens is 1. The largest absolute Gasteiger partial charge is 0.396 e. The van der Waals surface area contributed by atoms with Crippen molar-refractivity contribution in [3.05, 3.63) is 83.3 Å². The number of likely N-dealkylation sites (tertiary alicyclic amines) is 1. The van der Waals surface area contributed by atoms with Gasteiger partial charge in [-0.2, -0.15) is 0 Å². The van der Waals surface area contributed by atoms with Gasteiger partial charge in [0, 0.05) is 19.1 Å². The van der Waals surface area contributed by atoms with Gasteiger partial charge in [0.1, 0.15) is 0 Å². The van der Waals surface area contributed by atoms with Crippen LogP contribution in [0.25, 0.3) is 11.0 Å². The molecule has 186 valence electrons. The van der Waals surface area contributed by atoms with Crippen LogP contribution in [0.2, 0.25) is 0 Å². The van der Waals surface area contributed by atoms with Crippen molar-refractivity contribution in [2.75, 3.05) is 30.7 Å². The van der Waals surface area contributed by atoms with Crippen molar-refractivity contribution in [1.29, 1.82) is 0 Å². The highest BCUT2D eigenvalue weighted by Gasteiger charge is 2.26. The molecule has 0 aliphatic carbocycles. The molecule has 1 fully saturated rings. The van der Waals surface area contributed by atoms with Gasteiger partial charge >= 0.3 is 5.69 Å². The molecule has 4 aromatic rings. The number of anilines is 2. The SMILES string of the molecule is Nc1c(NC(=O)CN2CCC(n3c(=O)[nH]c4ccccc43)CC2)cccc1S(=O)(=O)c1ccccc1. The van der Waals surface area contributed by atoms with Crippen LogP contribution in [0.3, 0.4) is 0 Å². The van der Waals surface area contributed by atoms with Crippen LogP contribution >= 0.6 is 0 Å². The standard InChI is InChI=1S/C26H27N5O4S/c27-25-21(10-6-12-23(25)36(34,35)19-7-2-1-3-8-19)28-24(32)17-30-15-13-18(14-16-30)31-22-11-5-4-9-20(22)29-26(31)33/h1-12,18H,13-17,27H2,(H,28,32)(H,29,33). The van der Waals surface area contributed by atoms with Crippen molar-refractivity contribution >= 4 is 38.2 Å². The Balaban J connectivity index is 1.24. The zero-order valence-corrected chi connectivity index (χ0v) is 20.4. The summed E-state index contributed by atoms with van der Waals surface area (Å²) < 4.78 is 27.8. The molecule has 1 amide bonds. The van der Waals surface area contributed by atoms with Crippen molar-refractivity contribution in [3.8, 4) is 0 Å². The Kier molecular flexibility index (Phi) is 6.38. The molecule has 0 radical (unpaired) electrons. The molecular formula is C26H27N5O4S. The molecule has 0 saturated carbocycles. The summed E-state index contributed by atoms with van der Waals surface area (Å²) in [6.45, 7) is 1.45. The van der Waals surface area contributed by atoms with Gasteiger partial charge in [0.05, 0.1) is 38.7 Å². The molecule has 0 spiro atoms. The lowest BCUT2D eigenvalue weighted by molar-refractivity contribution is -0.117. The van der Waals surface area contributed by atoms with Gasteiger partial charge in [0.2, 0.25) is 15.7 Å². The van der Waals surface area contributed by atoms with E-state index in [-0.39, 0.29) is 45.3 Å². The van der Waals surface area contributed by atoms with Gasteiger partial charge in [0.25, 0.3) is 0 Å². The third-order valence-electron chi connectivity index (χ3n) is 6.60. The van der Waals surface area contributed by atoms with E-state index >= 15 is 0 Å². The number of nitrogen functional groups attached to an aromatic ring is 1. The molecule has 2 heterocycles. The first kappa shape index (κ1) is 23.8. The number of nitrogens with zero attached hydrogens (tertiary/aromatic N) is 2. The summed E-state index contributed by atoms with van der Waals surface area (Å²) >= 11 is 0. The van der Waals surface area contributed by atoms with Crippen LogP contribution in [0.4, 0.5) is 11.4 Å². The molecule has 1 aliphatic rings. The summed E-state index contributed by atoms with van der Waals surface area (Å²) in [5.74, 6) is -0.279. The summed E-state index contributed by atoms with van der Waals surface area (Å²) in [5, 5.41) is 2.76. The van der Waals surface area contributed by atoms with Gasteiger partial charge in [-0.25, -0.2) is 13.2 Å². The molecule has 10 heteroatoms. The van der Waals surface area contributed by atoms with Crippen molar-refractivity contribution in [2.45, 2.75) is 28.7 Å². The van der Waals surface area contributed by atoms with Gasteiger partial charge < -0.3 is 16.0 Å². The van der Waals surface area contributed by atoms with E-state index in [1.165, 1.54) is 18.2 Å². The van der Waals surface area contributed by atoms with Crippen LogP contribution in [-0.2, 0) is 14.6 Å². The van der Waals surface area contributed by atoms with E-state index in [0.717, 1.165) is 23.9 Å². The Labute approximate surface area is 208 Å². The van der Waals surface area contributed by atoms with Crippen LogP contribution in [0, 0.1) is 0 Å². The van der Waals surface area contributed by atoms with Crippen LogP contribution in [0.1, 0.15) is 18.9 Å². The number of amides is 1. The van der Waals surface area contributed by atoms with E-state index < -0.39 is 9.84 Å². The Morgan fingerprint density at radius 1 is 0.972 bits per heavy atom. The number of nitrogens with two attached hydrogens (primary N) is 1. The molecule has 3 aromatic carbocycles. The average Bonchev–Trinajstić information content (AvgIpc) is 3.22. The zero-order chi connectivity index (χ0) is 25.3. The Morgan fingerprint density at radius 2 is 1.67 bits per heavy atom. The fourth-order valence-corrected chi connectivity index (χ4v) is 6.21. The molecule has 1 saturated heterocycles. The molecule has 9 nitrogen and oxygen atoms in total. The van der Waals surface area contributed by atoms with Crippen LogP contribution < -0.4 is 16.7 Å². The van der Waals surface area contributed by atoms with Crippen molar-refractivity contribution < 1.29 is 13.2 Å². The Hall–Kier alpha value is -3.89. The normalized spacial score (nSPS) is 15.2.